The van der Waals surface area contributed by atoms with Gasteiger partial charge < -0.3 is 0 Å². The van der Waals surface area contributed by atoms with Crippen molar-refractivity contribution in [3.63, 3.8) is 0 Å². The number of benzene rings is 2. The number of aromatic nitrogens is 1. The minimum Gasteiger partial charge on any atom is -0.274 e. The summed E-state index contributed by atoms with van der Waals surface area (Å²) in [5.74, 6) is 1.78. The Kier molecular flexibility index (Phi) is 6.34. The maximum absolute atomic E-state index is 12.3. The van der Waals surface area contributed by atoms with E-state index in [0.29, 0.717) is 0 Å². The van der Waals surface area contributed by atoms with E-state index in [9.17, 15) is 4.79 Å². The number of hydrogen-bond donors (Lipinski definition) is 0. The summed E-state index contributed by atoms with van der Waals surface area (Å²) in [6.07, 6.45) is 0. The van der Waals surface area contributed by atoms with E-state index in [2.05, 4.69) is 49.6 Å². The van der Waals surface area contributed by atoms with Gasteiger partial charge in [0.1, 0.15) is 0 Å². The van der Waals surface area contributed by atoms with Crippen LogP contribution >= 0.6 is 23.1 Å². The number of amides is 1. The van der Waals surface area contributed by atoms with E-state index in [-0.39, 0.29) is 5.91 Å². The van der Waals surface area contributed by atoms with E-state index in [1.807, 2.05) is 30.8 Å². The fourth-order valence-corrected chi connectivity index (χ4v) is 4.95. The summed E-state index contributed by atoms with van der Waals surface area (Å²) in [5.41, 5.74) is 6.87. The first kappa shape index (κ1) is 19.6. The van der Waals surface area contributed by atoms with Gasteiger partial charge in [-0.3, -0.25) is 9.69 Å². The Morgan fingerprint density at radius 2 is 1.85 bits per heavy atom. The molecule has 0 aliphatic rings. The van der Waals surface area contributed by atoms with Crippen molar-refractivity contribution in [1.82, 2.24) is 4.98 Å². The van der Waals surface area contributed by atoms with Gasteiger partial charge in [0.25, 0.3) is 0 Å². The summed E-state index contributed by atoms with van der Waals surface area (Å²) in [5, 5.41) is 2.79. The molecule has 5 heteroatoms. The van der Waals surface area contributed by atoms with Crippen molar-refractivity contribution in [3.8, 4) is 0 Å². The first-order chi connectivity index (χ1) is 13.0. The Morgan fingerprint density at radius 3 is 2.56 bits per heavy atom. The molecule has 1 amide bonds. The molecule has 0 fully saturated rings. The van der Waals surface area contributed by atoms with Crippen LogP contribution in [0.5, 0.6) is 0 Å². The zero-order valence-corrected chi connectivity index (χ0v) is 17.8. The first-order valence-corrected chi connectivity index (χ1v) is 10.9. The van der Waals surface area contributed by atoms with Crippen LogP contribution in [0.4, 0.5) is 10.8 Å². The van der Waals surface area contributed by atoms with E-state index in [1.165, 1.54) is 28.0 Å². The third-order valence-electron chi connectivity index (χ3n) is 4.41. The summed E-state index contributed by atoms with van der Waals surface area (Å²) >= 11 is 3.37. The van der Waals surface area contributed by atoms with Crippen molar-refractivity contribution in [1.29, 1.82) is 0 Å². The van der Waals surface area contributed by atoms with Crippen molar-refractivity contribution in [2.24, 2.45) is 0 Å². The molecule has 0 saturated carbocycles. The van der Waals surface area contributed by atoms with Crippen LogP contribution in [0.2, 0.25) is 0 Å². The molecule has 1 aromatic heterocycles. The molecule has 27 heavy (non-hydrogen) atoms. The highest BCUT2D eigenvalue weighted by molar-refractivity contribution is 7.97. The predicted molar refractivity (Wildman–Crippen MR) is 117 cm³/mol. The number of carbonyl (C=O) groups excluding carboxylic acids is 1. The molecule has 3 rings (SSSR count). The number of thiazole rings is 1. The van der Waals surface area contributed by atoms with E-state index in [0.717, 1.165) is 33.6 Å². The molecule has 140 valence electrons. The lowest BCUT2D eigenvalue weighted by Crippen LogP contribution is -2.23. The topological polar surface area (TPSA) is 33.2 Å². The smallest absolute Gasteiger partial charge is 0.230 e. The largest absolute Gasteiger partial charge is 0.274 e. The quantitative estimate of drug-likeness (QED) is 0.498. The van der Waals surface area contributed by atoms with Crippen molar-refractivity contribution in [3.05, 3.63) is 75.8 Å². The second-order valence-corrected chi connectivity index (χ2v) is 8.51. The summed E-state index contributed by atoms with van der Waals surface area (Å²) in [4.78, 5) is 18.8. The SMILES string of the molecule is CC(=O)N(c1nc(CSCc2ccccc2C)cs1)c1ccc(C)cc1C. The van der Waals surface area contributed by atoms with Gasteiger partial charge in [0.15, 0.2) is 5.13 Å². The number of nitrogens with zero attached hydrogens (tertiary/aromatic N) is 2. The fraction of sp³-hybridized carbons (Fsp3) is 0.273. The molecule has 0 unspecified atom stereocenters. The molecule has 0 spiro atoms. The average molecular weight is 397 g/mol. The van der Waals surface area contributed by atoms with Crippen LogP contribution in [0.15, 0.2) is 47.8 Å². The van der Waals surface area contributed by atoms with Crippen molar-refractivity contribution < 1.29 is 4.79 Å². The lowest BCUT2D eigenvalue weighted by Gasteiger charge is -2.20. The number of thioether (sulfide) groups is 1. The van der Waals surface area contributed by atoms with Gasteiger partial charge >= 0.3 is 0 Å². The zero-order valence-electron chi connectivity index (χ0n) is 16.2. The minimum absolute atomic E-state index is 0.0181. The van der Waals surface area contributed by atoms with Gasteiger partial charge in [0.2, 0.25) is 5.91 Å². The maximum atomic E-state index is 12.3. The number of carbonyl (C=O) groups is 1. The molecular formula is C22H24N2OS2. The molecule has 0 aliphatic carbocycles. The number of hydrogen-bond acceptors (Lipinski definition) is 4. The monoisotopic (exact) mass is 396 g/mol. The number of aryl methyl sites for hydroxylation is 3. The highest BCUT2D eigenvalue weighted by atomic mass is 32.2. The Balaban J connectivity index is 1.72. The lowest BCUT2D eigenvalue weighted by molar-refractivity contribution is -0.115. The molecule has 0 aliphatic heterocycles. The van der Waals surface area contributed by atoms with Gasteiger partial charge in [0.05, 0.1) is 11.4 Å². The Labute approximate surface area is 169 Å². The van der Waals surface area contributed by atoms with Crippen molar-refractivity contribution in [2.45, 2.75) is 39.2 Å². The standard InChI is InChI=1S/C22H24N2OS2/c1-15-9-10-21(17(3)11-15)24(18(4)25)22-23-20(14-27-22)13-26-12-19-8-6-5-7-16(19)2/h5-11,14H,12-13H2,1-4H3. The third kappa shape index (κ3) is 4.79. The molecule has 0 radical (unpaired) electrons. The zero-order chi connectivity index (χ0) is 19.4. The van der Waals surface area contributed by atoms with Gasteiger partial charge in [0, 0.05) is 23.8 Å². The van der Waals surface area contributed by atoms with E-state index < -0.39 is 0 Å². The molecule has 0 saturated heterocycles. The number of rotatable bonds is 6. The van der Waals surface area contributed by atoms with Gasteiger partial charge in [-0.1, -0.05) is 42.0 Å². The molecule has 0 N–H and O–H groups in total. The molecule has 3 nitrogen and oxygen atoms in total. The first-order valence-electron chi connectivity index (χ1n) is 8.90. The summed E-state index contributed by atoms with van der Waals surface area (Å²) in [6, 6.07) is 14.6. The molecule has 0 bridgehead atoms. The summed E-state index contributed by atoms with van der Waals surface area (Å²) < 4.78 is 0. The van der Waals surface area contributed by atoms with E-state index >= 15 is 0 Å². The van der Waals surface area contributed by atoms with Gasteiger partial charge in [-0.25, -0.2) is 4.98 Å². The van der Waals surface area contributed by atoms with Gasteiger partial charge in [-0.15, -0.1) is 11.3 Å². The summed E-state index contributed by atoms with van der Waals surface area (Å²) in [7, 11) is 0. The van der Waals surface area contributed by atoms with Crippen LogP contribution in [-0.2, 0) is 16.3 Å². The molecule has 0 atom stereocenters. The normalized spacial score (nSPS) is 10.8. The van der Waals surface area contributed by atoms with Crippen LogP contribution in [0, 0.1) is 20.8 Å². The maximum Gasteiger partial charge on any atom is 0.230 e. The highest BCUT2D eigenvalue weighted by Crippen LogP contribution is 2.32. The summed E-state index contributed by atoms with van der Waals surface area (Å²) in [6.45, 7) is 7.83. The van der Waals surface area contributed by atoms with Gasteiger partial charge in [-0.2, -0.15) is 11.8 Å². The predicted octanol–water partition coefficient (Wildman–Crippen LogP) is 6.19. The molecular weight excluding hydrogens is 372 g/mol. The Morgan fingerprint density at radius 1 is 1.07 bits per heavy atom. The number of anilines is 2. The Bertz CT molecular complexity index is 949. The molecule has 3 aromatic rings. The van der Waals surface area contributed by atoms with E-state index in [1.54, 1.807) is 11.8 Å². The average Bonchev–Trinajstić information content (AvgIpc) is 3.07. The third-order valence-corrected chi connectivity index (χ3v) is 6.30. The minimum atomic E-state index is -0.0181. The molecule has 1 heterocycles. The second kappa shape index (κ2) is 8.72. The van der Waals surface area contributed by atoms with Gasteiger partial charge in [-0.05, 0) is 43.5 Å². The lowest BCUT2D eigenvalue weighted by atomic mass is 10.1. The van der Waals surface area contributed by atoms with Crippen LogP contribution in [0.25, 0.3) is 0 Å². The van der Waals surface area contributed by atoms with Crippen LogP contribution in [0.1, 0.15) is 34.9 Å². The molecule has 2 aromatic carbocycles. The van der Waals surface area contributed by atoms with Crippen LogP contribution < -0.4 is 4.90 Å². The van der Waals surface area contributed by atoms with Crippen molar-refractivity contribution >= 4 is 39.8 Å². The fourth-order valence-electron chi connectivity index (χ4n) is 2.97. The van der Waals surface area contributed by atoms with Crippen LogP contribution in [0.3, 0.4) is 0 Å². The second-order valence-electron chi connectivity index (χ2n) is 6.69. The van der Waals surface area contributed by atoms with Crippen molar-refractivity contribution in [2.75, 3.05) is 4.90 Å². The van der Waals surface area contributed by atoms with E-state index in [4.69, 9.17) is 4.98 Å². The Hall–Kier alpha value is -2.11. The highest BCUT2D eigenvalue weighted by Gasteiger charge is 2.19. The van der Waals surface area contributed by atoms with Crippen LogP contribution in [-0.4, -0.2) is 10.9 Å².